The smallest absolute Gasteiger partial charge is 0.107 e. The second-order valence-electron chi connectivity index (χ2n) is 5.59. The normalized spacial score (nSPS) is 22.1. The number of thiazole rings is 1. The van der Waals surface area contributed by atoms with E-state index in [0.717, 1.165) is 13.0 Å². The Morgan fingerprint density at radius 3 is 3.16 bits per heavy atom. The Labute approximate surface area is 121 Å². The van der Waals surface area contributed by atoms with Crippen LogP contribution in [0.2, 0.25) is 0 Å². The first-order chi connectivity index (χ1) is 9.28. The van der Waals surface area contributed by atoms with Crippen LogP contribution in [0.5, 0.6) is 0 Å². The number of nitrogens with zero attached hydrogens (tertiary/aromatic N) is 1. The summed E-state index contributed by atoms with van der Waals surface area (Å²) >= 11 is 1.84. The molecule has 4 heteroatoms. The second-order valence-corrected chi connectivity index (χ2v) is 6.79. The minimum absolute atomic E-state index is 0.560. The highest BCUT2D eigenvalue weighted by Gasteiger charge is 2.14. The van der Waals surface area contributed by atoms with E-state index in [4.69, 9.17) is 0 Å². The second kappa shape index (κ2) is 7.98. The average molecular weight is 281 g/mol. The van der Waals surface area contributed by atoms with Gasteiger partial charge in [-0.25, -0.2) is 4.98 Å². The van der Waals surface area contributed by atoms with E-state index in [1.807, 2.05) is 17.5 Å². The maximum atomic E-state index is 4.46. The molecule has 1 aliphatic heterocycles. The topological polar surface area (TPSA) is 37.0 Å². The summed E-state index contributed by atoms with van der Waals surface area (Å²) in [5.41, 5.74) is 0. The summed E-state index contributed by atoms with van der Waals surface area (Å²) in [6.45, 7) is 6.59. The van der Waals surface area contributed by atoms with E-state index < -0.39 is 0 Å². The van der Waals surface area contributed by atoms with E-state index in [-0.39, 0.29) is 0 Å². The van der Waals surface area contributed by atoms with Crippen LogP contribution in [0.4, 0.5) is 0 Å². The molecule has 2 heterocycles. The first-order valence-corrected chi connectivity index (χ1v) is 8.50. The first kappa shape index (κ1) is 14.9. The SMILES string of the molecule is CCc1cnc(CNC(C)CC2CCCCCN2)s1. The van der Waals surface area contributed by atoms with Crippen molar-refractivity contribution in [3.63, 3.8) is 0 Å². The molecule has 0 aromatic carbocycles. The minimum Gasteiger partial charge on any atom is -0.314 e. The molecule has 1 aromatic rings. The molecule has 0 amide bonds. The molecule has 2 rings (SSSR count). The summed E-state index contributed by atoms with van der Waals surface area (Å²) in [6, 6.07) is 1.26. The van der Waals surface area contributed by atoms with Crippen molar-refractivity contribution < 1.29 is 0 Å². The summed E-state index contributed by atoms with van der Waals surface area (Å²) in [5, 5.41) is 8.50. The van der Waals surface area contributed by atoms with Gasteiger partial charge in [-0.2, -0.15) is 0 Å². The van der Waals surface area contributed by atoms with Gasteiger partial charge in [0.1, 0.15) is 5.01 Å². The summed E-state index contributed by atoms with van der Waals surface area (Å²) in [7, 11) is 0. The van der Waals surface area contributed by atoms with Gasteiger partial charge in [-0.05, 0) is 39.2 Å². The van der Waals surface area contributed by atoms with E-state index >= 15 is 0 Å². The molecule has 2 N–H and O–H groups in total. The van der Waals surface area contributed by atoms with Crippen LogP contribution in [0.3, 0.4) is 0 Å². The van der Waals surface area contributed by atoms with Crippen molar-refractivity contribution >= 4 is 11.3 Å². The van der Waals surface area contributed by atoms with Gasteiger partial charge in [0.05, 0.1) is 0 Å². The molecule has 2 atom stereocenters. The van der Waals surface area contributed by atoms with Crippen molar-refractivity contribution in [2.75, 3.05) is 6.54 Å². The molecule has 1 fully saturated rings. The van der Waals surface area contributed by atoms with Gasteiger partial charge in [0, 0.05) is 29.7 Å². The van der Waals surface area contributed by atoms with Gasteiger partial charge in [0.25, 0.3) is 0 Å². The highest BCUT2D eigenvalue weighted by molar-refractivity contribution is 7.11. The van der Waals surface area contributed by atoms with E-state index in [0.29, 0.717) is 12.1 Å². The number of rotatable bonds is 6. The number of aryl methyl sites for hydroxylation is 1. The predicted molar refractivity (Wildman–Crippen MR) is 82.7 cm³/mol. The van der Waals surface area contributed by atoms with Crippen LogP contribution in [-0.4, -0.2) is 23.6 Å². The first-order valence-electron chi connectivity index (χ1n) is 7.68. The van der Waals surface area contributed by atoms with Gasteiger partial charge in [0.2, 0.25) is 0 Å². The molecule has 108 valence electrons. The Hall–Kier alpha value is -0.450. The van der Waals surface area contributed by atoms with E-state index in [1.165, 1.54) is 48.5 Å². The van der Waals surface area contributed by atoms with Crippen LogP contribution < -0.4 is 10.6 Å². The lowest BCUT2D eigenvalue weighted by atomic mass is 10.0. The molecule has 0 spiro atoms. The van der Waals surface area contributed by atoms with Crippen molar-refractivity contribution in [3.8, 4) is 0 Å². The third-order valence-electron chi connectivity index (χ3n) is 3.85. The molecule has 19 heavy (non-hydrogen) atoms. The lowest BCUT2D eigenvalue weighted by Crippen LogP contribution is -2.36. The van der Waals surface area contributed by atoms with Crippen LogP contribution in [0, 0.1) is 0 Å². The molecule has 1 aliphatic rings. The maximum Gasteiger partial charge on any atom is 0.107 e. The van der Waals surface area contributed by atoms with Crippen LogP contribution in [0.1, 0.15) is 55.8 Å². The standard InChI is InChI=1S/C15H27N3S/c1-3-14-10-18-15(19-14)11-17-12(2)9-13-7-5-4-6-8-16-13/h10,12-13,16-17H,3-9,11H2,1-2H3. The Morgan fingerprint density at radius 2 is 2.37 bits per heavy atom. The molecule has 0 saturated carbocycles. The van der Waals surface area contributed by atoms with Crippen LogP contribution in [0.25, 0.3) is 0 Å². The Morgan fingerprint density at radius 1 is 1.47 bits per heavy atom. The third kappa shape index (κ3) is 5.21. The molecule has 0 aliphatic carbocycles. The lowest BCUT2D eigenvalue weighted by molar-refractivity contribution is 0.402. The quantitative estimate of drug-likeness (QED) is 0.841. The maximum absolute atomic E-state index is 4.46. The highest BCUT2D eigenvalue weighted by atomic mass is 32.1. The fourth-order valence-corrected chi connectivity index (χ4v) is 3.48. The van der Waals surface area contributed by atoms with Gasteiger partial charge >= 0.3 is 0 Å². The van der Waals surface area contributed by atoms with Crippen molar-refractivity contribution in [2.24, 2.45) is 0 Å². The zero-order chi connectivity index (χ0) is 13.5. The minimum atomic E-state index is 0.560. The monoisotopic (exact) mass is 281 g/mol. The van der Waals surface area contributed by atoms with Crippen molar-refractivity contribution in [1.29, 1.82) is 0 Å². The van der Waals surface area contributed by atoms with E-state index in [2.05, 4.69) is 29.5 Å². The fraction of sp³-hybridized carbons (Fsp3) is 0.800. The number of nitrogens with one attached hydrogen (secondary N) is 2. The summed E-state index contributed by atoms with van der Waals surface area (Å²) in [6.07, 6.45) is 9.80. The zero-order valence-electron chi connectivity index (χ0n) is 12.2. The van der Waals surface area contributed by atoms with Gasteiger partial charge in [-0.15, -0.1) is 11.3 Å². The van der Waals surface area contributed by atoms with Gasteiger partial charge in [-0.1, -0.05) is 19.8 Å². The van der Waals surface area contributed by atoms with Crippen LogP contribution in [-0.2, 0) is 13.0 Å². The summed E-state index contributed by atoms with van der Waals surface area (Å²) in [4.78, 5) is 5.85. The molecule has 2 unspecified atom stereocenters. The number of aromatic nitrogens is 1. The van der Waals surface area contributed by atoms with Crippen LogP contribution in [0.15, 0.2) is 6.20 Å². The predicted octanol–water partition coefficient (Wildman–Crippen LogP) is 3.11. The fourth-order valence-electron chi connectivity index (χ4n) is 2.67. The molecular formula is C15H27N3S. The Balaban J connectivity index is 1.69. The van der Waals surface area contributed by atoms with Crippen molar-refractivity contribution in [2.45, 2.75) is 71.0 Å². The zero-order valence-corrected chi connectivity index (χ0v) is 13.1. The Bertz CT molecular complexity index is 356. The molecule has 1 saturated heterocycles. The van der Waals surface area contributed by atoms with Gasteiger partial charge < -0.3 is 10.6 Å². The van der Waals surface area contributed by atoms with E-state index in [9.17, 15) is 0 Å². The third-order valence-corrected chi connectivity index (χ3v) is 4.99. The van der Waals surface area contributed by atoms with Crippen molar-refractivity contribution in [3.05, 3.63) is 16.1 Å². The highest BCUT2D eigenvalue weighted by Crippen LogP contribution is 2.15. The van der Waals surface area contributed by atoms with E-state index in [1.54, 1.807) is 0 Å². The number of hydrogen-bond donors (Lipinski definition) is 2. The van der Waals surface area contributed by atoms with Gasteiger partial charge in [-0.3, -0.25) is 0 Å². The van der Waals surface area contributed by atoms with Crippen molar-refractivity contribution in [1.82, 2.24) is 15.6 Å². The van der Waals surface area contributed by atoms with Gasteiger partial charge in [0.15, 0.2) is 0 Å². The molecule has 3 nitrogen and oxygen atoms in total. The largest absolute Gasteiger partial charge is 0.314 e. The molecular weight excluding hydrogens is 254 g/mol. The summed E-state index contributed by atoms with van der Waals surface area (Å²) < 4.78 is 0. The Kier molecular flexibility index (Phi) is 6.28. The lowest BCUT2D eigenvalue weighted by Gasteiger charge is -2.21. The molecule has 0 bridgehead atoms. The molecule has 1 aromatic heterocycles. The number of hydrogen-bond acceptors (Lipinski definition) is 4. The summed E-state index contributed by atoms with van der Waals surface area (Å²) in [5.74, 6) is 0. The molecule has 0 radical (unpaired) electrons. The average Bonchev–Trinajstić information content (AvgIpc) is 2.73. The van der Waals surface area contributed by atoms with Crippen LogP contribution >= 0.6 is 11.3 Å².